The Balaban J connectivity index is 4.95. The van der Waals surface area contributed by atoms with Gasteiger partial charge >= 0.3 is 17.9 Å². The Morgan fingerprint density at radius 3 is 2.00 bits per heavy atom. The predicted molar refractivity (Wildman–Crippen MR) is 102 cm³/mol. The summed E-state index contributed by atoms with van der Waals surface area (Å²) in [5.74, 6) is -2.98. The van der Waals surface area contributed by atoms with E-state index in [0.717, 1.165) is 12.8 Å². The molecular weight excluding hydrogens is 368 g/mol. The quantitative estimate of drug-likeness (QED) is 0.237. The Hall–Kier alpha value is -1.67. The Morgan fingerprint density at radius 1 is 0.821 bits per heavy atom. The van der Waals surface area contributed by atoms with Gasteiger partial charge in [-0.2, -0.15) is 0 Å². The fourth-order valence-corrected chi connectivity index (χ4v) is 2.65. The molecule has 0 saturated carbocycles. The average molecular weight is 405 g/mol. The van der Waals surface area contributed by atoms with Crippen molar-refractivity contribution in [2.75, 3.05) is 40.1 Å². The van der Waals surface area contributed by atoms with Gasteiger partial charge in [0.15, 0.2) is 0 Å². The van der Waals surface area contributed by atoms with E-state index in [4.69, 9.17) is 24.1 Å². The predicted octanol–water partition coefficient (Wildman–Crippen LogP) is 2.11. The largest absolute Gasteiger partial charge is 0.465 e. The summed E-state index contributed by atoms with van der Waals surface area (Å²) in [5, 5.41) is 8.89. The van der Waals surface area contributed by atoms with Crippen molar-refractivity contribution < 1.29 is 38.4 Å². The van der Waals surface area contributed by atoms with E-state index in [2.05, 4.69) is 0 Å². The zero-order valence-electron chi connectivity index (χ0n) is 17.6. The van der Waals surface area contributed by atoms with E-state index in [1.807, 2.05) is 13.8 Å². The molecule has 0 aromatic heterocycles. The second-order valence-corrected chi connectivity index (χ2v) is 6.75. The van der Waals surface area contributed by atoms with Crippen molar-refractivity contribution in [3.63, 3.8) is 0 Å². The van der Waals surface area contributed by atoms with Gasteiger partial charge in [0, 0.05) is 7.11 Å². The molecule has 0 aromatic carbocycles. The topological polar surface area (TPSA) is 108 Å². The van der Waals surface area contributed by atoms with Gasteiger partial charge < -0.3 is 24.1 Å². The third-order valence-electron chi connectivity index (χ3n) is 4.38. The summed E-state index contributed by atoms with van der Waals surface area (Å²) in [6.45, 7) is 5.90. The lowest BCUT2D eigenvalue weighted by Crippen LogP contribution is -2.30. The van der Waals surface area contributed by atoms with Crippen LogP contribution in [-0.4, -0.2) is 63.2 Å². The third kappa shape index (κ3) is 11.2. The van der Waals surface area contributed by atoms with Crippen LogP contribution in [0.4, 0.5) is 0 Å². The van der Waals surface area contributed by atoms with Crippen LogP contribution >= 0.6 is 0 Å². The van der Waals surface area contributed by atoms with Gasteiger partial charge in [0.25, 0.3) is 0 Å². The Labute approximate surface area is 167 Å². The lowest BCUT2D eigenvalue weighted by atomic mass is 9.86. The molecule has 8 heteroatoms. The van der Waals surface area contributed by atoms with Gasteiger partial charge in [-0.1, -0.05) is 27.2 Å². The van der Waals surface area contributed by atoms with Gasteiger partial charge in [0.1, 0.15) is 13.2 Å². The number of carbonyl (C=O) groups excluding carboxylic acids is 3. The molecule has 8 nitrogen and oxygen atoms in total. The molecule has 0 radical (unpaired) electrons. The van der Waals surface area contributed by atoms with E-state index in [1.165, 1.54) is 7.11 Å². The van der Waals surface area contributed by atoms with Crippen molar-refractivity contribution >= 4 is 17.9 Å². The summed E-state index contributed by atoms with van der Waals surface area (Å²) >= 11 is 0. The van der Waals surface area contributed by atoms with Crippen LogP contribution in [0, 0.1) is 17.8 Å². The van der Waals surface area contributed by atoms with E-state index < -0.39 is 29.7 Å². The molecule has 0 rings (SSSR count). The molecule has 0 aliphatic heterocycles. The molecule has 3 unspecified atom stereocenters. The fourth-order valence-electron chi connectivity index (χ4n) is 2.65. The highest BCUT2D eigenvalue weighted by atomic mass is 16.6. The molecule has 0 aliphatic carbocycles. The van der Waals surface area contributed by atoms with Gasteiger partial charge in [0.05, 0.1) is 37.6 Å². The van der Waals surface area contributed by atoms with Gasteiger partial charge in [-0.15, -0.1) is 0 Å². The number of hydrogen-bond acceptors (Lipinski definition) is 8. The zero-order valence-corrected chi connectivity index (χ0v) is 17.6. The Kier molecular flexibility index (Phi) is 15.3. The Morgan fingerprint density at radius 2 is 1.43 bits per heavy atom. The molecule has 1 N–H and O–H groups in total. The third-order valence-corrected chi connectivity index (χ3v) is 4.38. The van der Waals surface area contributed by atoms with Crippen LogP contribution in [0.1, 0.15) is 52.9 Å². The van der Waals surface area contributed by atoms with Crippen molar-refractivity contribution in [1.29, 1.82) is 0 Å². The number of carbonyl (C=O) groups is 3. The second-order valence-electron chi connectivity index (χ2n) is 6.75. The second kappa shape index (κ2) is 16.3. The van der Waals surface area contributed by atoms with Crippen LogP contribution in [0.3, 0.4) is 0 Å². The molecule has 0 fully saturated rings. The summed E-state index contributed by atoms with van der Waals surface area (Å²) in [6.07, 6.45) is 2.63. The molecule has 164 valence electrons. The minimum atomic E-state index is -0.666. The molecule has 0 heterocycles. The van der Waals surface area contributed by atoms with Gasteiger partial charge in [-0.3, -0.25) is 14.4 Å². The summed E-state index contributed by atoms with van der Waals surface area (Å²) in [6, 6.07) is 0. The molecule has 0 saturated heterocycles. The number of ether oxygens (including phenoxy) is 4. The van der Waals surface area contributed by atoms with Crippen molar-refractivity contribution in [3.8, 4) is 0 Å². The van der Waals surface area contributed by atoms with Gasteiger partial charge in [-0.25, -0.2) is 0 Å². The molecule has 0 amide bonds. The fraction of sp³-hybridized carbons (Fsp3) is 0.850. The van der Waals surface area contributed by atoms with Crippen molar-refractivity contribution in [2.24, 2.45) is 17.8 Å². The van der Waals surface area contributed by atoms with Crippen molar-refractivity contribution in [3.05, 3.63) is 0 Å². The van der Waals surface area contributed by atoms with Crippen LogP contribution in [-0.2, 0) is 33.3 Å². The molecule has 0 aromatic rings. The summed E-state index contributed by atoms with van der Waals surface area (Å²) in [4.78, 5) is 36.8. The number of esters is 3. The number of hydrogen-bond donors (Lipinski definition) is 1. The first-order chi connectivity index (χ1) is 13.4. The molecular formula is C20H36O8. The molecule has 3 atom stereocenters. The smallest absolute Gasteiger partial charge is 0.309 e. The standard InChI is InChI=1S/C20H36O8/c1-5-7-9-26-19(23)16(6-2)14-17(20(24)27-10-8-21)13-15(3)18(22)28-12-11-25-4/h15-17,21H,5-14H2,1-4H3. The molecule has 28 heavy (non-hydrogen) atoms. The highest BCUT2D eigenvalue weighted by Gasteiger charge is 2.31. The maximum atomic E-state index is 12.4. The molecule has 0 bridgehead atoms. The number of rotatable bonds is 16. The lowest BCUT2D eigenvalue weighted by molar-refractivity contribution is -0.155. The minimum absolute atomic E-state index is 0.125. The first-order valence-electron chi connectivity index (χ1n) is 10.0. The number of aliphatic hydroxyl groups is 1. The number of methoxy groups -OCH3 is 1. The highest BCUT2D eigenvalue weighted by molar-refractivity contribution is 5.77. The highest BCUT2D eigenvalue weighted by Crippen LogP contribution is 2.25. The van der Waals surface area contributed by atoms with Crippen LogP contribution in [0.5, 0.6) is 0 Å². The van der Waals surface area contributed by atoms with Crippen molar-refractivity contribution in [2.45, 2.75) is 52.9 Å². The van der Waals surface area contributed by atoms with E-state index in [9.17, 15) is 14.4 Å². The van der Waals surface area contributed by atoms with Crippen molar-refractivity contribution in [1.82, 2.24) is 0 Å². The first-order valence-corrected chi connectivity index (χ1v) is 10.0. The van der Waals surface area contributed by atoms with E-state index >= 15 is 0 Å². The molecule has 0 spiro atoms. The van der Waals surface area contributed by atoms with Crippen LogP contribution in [0.2, 0.25) is 0 Å². The van der Waals surface area contributed by atoms with Gasteiger partial charge in [-0.05, 0) is 25.7 Å². The van der Waals surface area contributed by atoms with Crippen LogP contribution < -0.4 is 0 Å². The first kappa shape index (κ1) is 26.3. The van der Waals surface area contributed by atoms with E-state index in [-0.39, 0.29) is 38.6 Å². The lowest BCUT2D eigenvalue weighted by Gasteiger charge is -2.23. The van der Waals surface area contributed by atoms with E-state index in [0.29, 0.717) is 19.6 Å². The van der Waals surface area contributed by atoms with E-state index in [1.54, 1.807) is 6.92 Å². The number of aliphatic hydroxyl groups excluding tert-OH is 1. The maximum Gasteiger partial charge on any atom is 0.309 e. The monoisotopic (exact) mass is 404 g/mol. The maximum absolute atomic E-state index is 12.4. The molecule has 0 aliphatic rings. The Bertz CT molecular complexity index is 451. The summed E-state index contributed by atoms with van der Waals surface area (Å²) in [7, 11) is 1.51. The number of unbranched alkanes of at least 4 members (excludes halogenated alkanes) is 1. The normalized spacial score (nSPS) is 14.0. The minimum Gasteiger partial charge on any atom is -0.465 e. The van der Waals surface area contributed by atoms with Crippen LogP contribution in [0.15, 0.2) is 0 Å². The zero-order chi connectivity index (χ0) is 21.4. The summed E-state index contributed by atoms with van der Waals surface area (Å²) in [5.41, 5.74) is 0. The average Bonchev–Trinajstić information content (AvgIpc) is 2.69. The summed E-state index contributed by atoms with van der Waals surface area (Å²) < 4.78 is 20.3. The SMILES string of the molecule is CCCCOC(=O)C(CC)CC(CC(C)C(=O)OCCOC)C(=O)OCCO. The van der Waals surface area contributed by atoms with Crippen LogP contribution in [0.25, 0.3) is 0 Å². The van der Waals surface area contributed by atoms with Gasteiger partial charge in [0.2, 0.25) is 0 Å².